The van der Waals surface area contributed by atoms with Gasteiger partial charge in [-0.1, -0.05) is 65.8 Å². The number of aliphatic hydroxyl groups is 2. The Hall–Kier alpha value is -4.17. The average Bonchev–Trinajstić information content (AvgIpc) is 1.17. The van der Waals surface area contributed by atoms with Crippen molar-refractivity contribution in [3.8, 4) is 0 Å². The van der Waals surface area contributed by atoms with Crippen LogP contribution < -0.4 is 10.0 Å². The summed E-state index contributed by atoms with van der Waals surface area (Å²) in [6.45, 7) is 24.6. The van der Waals surface area contributed by atoms with E-state index in [0.29, 0.717) is 19.0 Å². The first-order valence-electron chi connectivity index (χ1n) is 31.0. The number of benzene rings is 1. The molecular weight excluding hydrogens is 1210 g/mol. The Morgan fingerprint density at radius 1 is 0.844 bits per heavy atom. The summed E-state index contributed by atoms with van der Waals surface area (Å²) in [5.41, 5.74) is -5.09. The van der Waals surface area contributed by atoms with Gasteiger partial charge in [0.1, 0.15) is 43.7 Å². The van der Waals surface area contributed by atoms with E-state index in [0.717, 1.165) is 18.2 Å². The van der Waals surface area contributed by atoms with Crippen LogP contribution in [0.15, 0.2) is 34.3 Å². The number of aliphatic hydroxyl groups excluding tert-OH is 2. The second-order valence-corrected chi connectivity index (χ2v) is 28.2. The number of alkyl carbamates (subject to hydrolysis) is 1. The molecule has 1 unspecified atom stereocenters. The van der Waals surface area contributed by atoms with Gasteiger partial charge in [0, 0.05) is 70.4 Å². The minimum Gasteiger partial charge on any atom is -0.461 e. The highest BCUT2D eigenvalue weighted by Crippen LogP contribution is 2.41. The fourth-order valence-corrected chi connectivity index (χ4v) is 14.0. The minimum absolute atomic E-state index is 0.0706. The molecule has 1 amide bonds. The van der Waals surface area contributed by atoms with Crippen molar-refractivity contribution in [2.45, 2.75) is 244 Å². The summed E-state index contributed by atoms with van der Waals surface area (Å²) < 4.78 is 142. The molecule has 0 spiro atoms. The molecule has 22 atom stereocenters. The molecule has 4 fully saturated rings. The van der Waals surface area contributed by atoms with Crippen LogP contribution >= 0.6 is 0 Å². The second kappa shape index (κ2) is 32.3. The van der Waals surface area contributed by atoms with Crippen molar-refractivity contribution in [1.29, 1.82) is 0 Å². The van der Waals surface area contributed by atoms with Crippen LogP contribution in [0, 0.1) is 41.4 Å². The second-order valence-electron chi connectivity index (χ2n) is 26.5. The van der Waals surface area contributed by atoms with E-state index in [1.54, 1.807) is 62.3 Å². The van der Waals surface area contributed by atoms with Gasteiger partial charge in [0.15, 0.2) is 30.3 Å². The number of cyclic esters (lactones) is 1. The van der Waals surface area contributed by atoms with E-state index in [1.165, 1.54) is 49.0 Å². The lowest BCUT2D eigenvalue weighted by atomic mass is 9.74. The number of sulfonamides is 1. The monoisotopic (exact) mass is 1310 g/mol. The molecule has 1 aromatic carbocycles. The summed E-state index contributed by atoms with van der Waals surface area (Å²) >= 11 is 0. The predicted molar refractivity (Wildman–Crippen MR) is 321 cm³/mol. The van der Waals surface area contributed by atoms with Gasteiger partial charge in [0.05, 0.1) is 70.7 Å². The number of nitrogens with zero attached hydrogens (tertiary/aromatic N) is 2. The molecule has 90 heavy (non-hydrogen) atoms. The number of Topliss-reactive ketones (excluding diaryl/α,β-unsaturated/α-hetero) is 1. The molecule has 0 radical (unpaired) electrons. The van der Waals surface area contributed by atoms with Gasteiger partial charge in [0.25, 0.3) is 0 Å². The lowest BCUT2D eigenvalue weighted by Gasteiger charge is -2.45. The molecular formula is C62H101F3N4O20S. The Bertz CT molecular complexity index is 2680. The van der Waals surface area contributed by atoms with Crippen LogP contribution in [-0.2, 0) is 87.5 Å². The maximum Gasteiger partial charge on any atom is 0.417 e. The minimum atomic E-state index is -5.03. The number of likely N-dealkylation sites (N-methyl/N-ethyl adjacent to an activating group) is 1. The summed E-state index contributed by atoms with van der Waals surface area (Å²) in [7, 11) is 1.24. The van der Waals surface area contributed by atoms with Crippen LogP contribution in [0.25, 0.3) is 0 Å². The largest absolute Gasteiger partial charge is 0.461 e. The fourth-order valence-electron chi connectivity index (χ4n) is 12.6. The quantitative estimate of drug-likeness (QED) is 0.0594. The van der Waals surface area contributed by atoms with Crippen LogP contribution in [0.2, 0.25) is 0 Å². The lowest BCUT2D eigenvalue weighted by molar-refractivity contribution is -0.305. The Balaban J connectivity index is 1.71. The molecule has 1 aromatic rings. The fraction of sp³-hybridized carbons (Fsp3) is 0.823. The number of nitrogens with one attached hydrogen (secondary N) is 2. The van der Waals surface area contributed by atoms with Gasteiger partial charge in [-0.25, -0.2) is 17.9 Å². The van der Waals surface area contributed by atoms with Crippen molar-refractivity contribution in [1.82, 2.24) is 14.9 Å². The highest BCUT2D eigenvalue weighted by Gasteiger charge is 2.53. The molecule has 4 N–H and O–H groups in total. The number of carbonyl (C=O) groups excluding carboxylic acids is 4. The van der Waals surface area contributed by atoms with Crippen molar-refractivity contribution in [2.75, 3.05) is 48.1 Å². The van der Waals surface area contributed by atoms with Gasteiger partial charge in [0.2, 0.25) is 10.0 Å². The first kappa shape index (κ1) is 76.5. The molecule has 5 rings (SSSR count). The maximum absolute atomic E-state index is 16.1. The van der Waals surface area contributed by atoms with Crippen molar-refractivity contribution in [2.24, 2.45) is 46.6 Å². The molecule has 4 aliphatic rings. The van der Waals surface area contributed by atoms with Gasteiger partial charge < -0.3 is 77.4 Å². The average molecular weight is 1310 g/mol. The molecule has 0 aliphatic carbocycles. The van der Waals surface area contributed by atoms with E-state index < -0.39 is 190 Å². The smallest absolute Gasteiger partial charge is 0.417 e. The summed E-state index contributed by atoms with van der Waals surface area (Å²) in [4.78, 5) is 66.6. The molecule has 4 heterocycles. The topological polar surface area (TPSA) is 293 Å². The Morgan fingerprint density at radius 3 is 2.10 bits per heavy atom. The van der Waals surface area contributed by atoms with Crippen molar-refractivity contribution in [3.63, 3.8) is 0 Å². The molecule has 0 aromatic heterocycles. The van der Waals surface area contributed by atoms with Gasteiger partial charge in [-0.15, -0.1) is 0 Å². The van der Waals surface area contributed by atoms with Gasteiger partial charge in [-0.3, -0.25) is 14.4 Å². The van der Waals surface area contributed by atoms with E-state index in [1.807, 2.05) is 20.9 Å². The van der Waals surface area contributed by atoms with Gasteiger partial charge >= 0.3 is 24.2 Å². The van der Waals surface area contributed by atoms with E-state index >= 15 is 9.59 Å². The summed E-state index contributed by atoms with van der Waals surface area (Å²) in [6, 6.07) is 3.55. The van der Waals surface area contributed by atoms with Crippen molar-refractivity contribution >= 4 is 39.6 Å². The molecule has 24 nitrogen and oxygen atoms in total. The third-order valence-corrected chi connectivity index (χ3v) is 19.0. The van der Waals surface area contributed by atoms with Crippen LogP contribution in [-0.4, -0.2) is 204 Å². The Morgan fingerprint density at radius 2 is 1.49 bits per heavy atom. The molecule has 516 valence electrons. The predicted octanol–water partition coefficient (Wildman–Crippen LogP) is 6.78. The van der Waals surface area contributed by atoms with E-state index in [-0.39, 0.29) is 43.2 Å². The van der Waals surface area contributed by atoms with Crippen LogP contribution in [0.4, 0.5) is 18.0 Å². The number of esters is 2. The number of ketones is 1. The maximum atomic E-state index is 16.1. The number of hydrogen-bond donors (Lipinski definition) is 4. The summed E-state index contributed by atoms with van der Waals surface area (Å²) in [6.07, 6.45) is -20.9. The zero-order valence-corrected chi connectivity index (χ0v) is 56.5. The van der Waals surface area contributed by atoms with Gasteiger partial charge in [-0.05, 0) is 92.8 Å². The Labute approximate surface area is 528 Å². The number of halogens is 3. The third-order valence-electron chi connectivity index (χ3n) is 17.5. The number of alkyl halides is 3. The molecule has 0 bridgehead atoms. The number of ether oxygens (including phenoxy) is 11. The number of hydrogen-bond acceptors (Lipinski definition) is 22. The molecule has 28 heteroatoms. The molecule has 4 saturated heterocycles. The van der Waals surface area contributed by atoms with Crippen molar-refractivity contribution in [3.05, 3.63) is 29.8 Å². The number of rotatable bonds is 20. The summed E-state index contributed by atoms with van der Waals surface area (Å²) in [5.74, 6) is -8.83. The molecule has 4 aliphatic heterocycles. The van der Waals surface area contributed by atoms with Crippen LogP contribution in [0.3, 0.4) is 0 Å². The Kier molecular flexibility index (Phi) is 27.5. The number of methoxy groups -OCH3 is 2. The van der Waals surface area contributed by atoms with Crippen LogP contribution in [0.5, 0.6) is 0 Å². The van der Waals surface area contributed by atoms with Crippen LogP contribution in [0.1, 0.15) is 135 Å². The first-order valence-corrected chi connectivity index (χ1v) is 32.5. The van der Waals surface area contributed by atoms with Gasteiger partial charge in [-0.2, -0.15) is 13.2 Å². The van der Waals surface area contributed by atoms with E-state index in [2.05, 4.69) is 20.1 Å². The number of oxime groups is 1. The number of carbonyl (C=O) groups is 4. The highest BCUT2D eigenvalue weighted by atomic mass is 32.2. The zero-order chi connectivity index (χ0) is 67.7. The van der Waals surface area contributed by atoms with E-state index in [4.69, 9.17) is 56.9 Å². The van der Waals surface area contributed by atoms with E-state index in [9.17, 15) is 41.4 Å². The SMILES string of the molecule is CON=C1C[C@@H](C)O[C@@H](O[C@@H]2[C@@H](C)[C@H](O[C@H]3CC(C)N(C)C[C@H](C)O3)[C@@H](C)C(=O)O[C@H]([C@@H](C)CO[C@@H]3O[C@H](C)[C@@H](O)[C@@H](OC)[C@H]3OC)[C@H](C)[C@@H](OC(=O)CC(C)C)[C@@H](C)C(=O)[C@@](C)(OC(=O)NC(C)(C)CNS(=O)(=O)c3ccccc3C(F)(F)F)C[C@@H]2C)[C@@H]1O. The first-order chi connectivity index (χ1) is 41.8. The zero-order valence-electron chi connectivity index (χ0n) is 55.6. The normalized spacial score (nSPS) is 36.7. The third kappa shape index (κ3) is 19.7. The van der Waals surface area contributed by atoms with Crippen molar-refractivity contribution < 1.29 is 108 Å². The number of amides is 1. The summed E-state index contributed by atoms with van der Waals surface area (Å²) in [5, 5.41) is 29.5. The highest BCUT2D eigenvalue weighted by molar-refractivity contribution is 7.89. The molecule has 0 saturated carbocycles. The standard InChI is InChI=1S/C62H101F3N4O20S/c1-31(2)24-45(70)85-51-38(9)50(33(4)29-81-58-54(79-18)53(78-17)47(71)41(12)84-58)87-56(74)40(11)52(86-46-25-34(5)69(16)28-36(7)82-46)37(8)49(88-57-48(72)43(68-80-19)26-35(6)83-57)32(3)27-61(15,55(73)39(51)10)89-59(75)67-60(13,14)30-66-90(76,77)44-23-21-20-22-42(44)62(63,64)65/h20-23,31-41,46-54,57-58,66,71-72H,24-30H2,1-19H3,(H,67,75)/t32-,33-,34?,35+,36-,37+,38-,39+,40+,41+,46-,47+,48+,49-,50+,51+,52-,53+,54+,57-,58+,61-/m0/s1. The lowest BCUT2D eigenvalue weighted by Crippen LogP contribution is -2.59.